The van der Waals surface area contributed by atoms with Gasteiger partial charge in [-0.25, -0.2) is 4.98 Å². The fourth-order valence-corrected chi connectivity index (χ4v) is 1.33. The molecular formula is C11H20N4. The fraction of sp³-hybridized carbons (Fsp3) is 0.636. The molecule has 1 aromatic heterocycles. The average molecular weight is 208 g/mol. The van der Waals surface area contributed by atoms with Crippen LogP contribution < -0.4 is 10.6 Å². The van der Waals surface area contributed by atoms with E-state index < -0.39 is 0 Å². The predicted octanol–water partition coefficient (Wildman–Crippen LogP) is 1.93. The molecule has 0 aliphatic carbocycles. The standard InChI is InChI=1S/C11H20N4/c1-4-15(8-6-9(2)3)11-13-7-5-10(12)14-11/h5,7,9H,4,6,8H2,1-3H3,(H2,12,13,14). The highest BCUT2D eigenvalue weighted by Crippen LogP contribution is 2.10. The topological polar surface area (TPSA) is 55.0 Å². The molecular weight excluding hydrogens is 188 g/mol. The first-order valence-corrected chi connectivity index (χ1v) is 5.47. The lowest BCUT2D eigenvalue weighted by molar-refractivity contribution is 0.572. The van der Waals surface area contributed by atoms with Crippen LogP contribution in [0.25, 0.3) is 0 Å². The third-order valence-electron chi connectivity index (χ3n) is 2.31. The van der Waals surface area contributed by atoms with Crippen LogP contribution in [0.5, 0.6) is 0 Å². The summed E-state index contributed by atoms with van der Waals surface area (Å²) in [5, 5.41) is 0. The number of nitrogens with two attached hydrogens (primary N) is 1. The Hall–Kier alpha value is -1.32. The van der Waals surface area contributed by atoms with Crippen LogP contribution >= 0.6 is 0 Å². The molecule has 4 nitrogen and oxygen atoms in total. The molecule has 0 saturated carbocycles. The second-order valence-electron chi connectivity index (χ2n) is 4.04. The largest absolute Gasteiger partial charge is 0.384 e. The van der Waals surface area contributed by atoms with E-state index in [1.807, 2.05) is 0 Å². The van der Waals surface area contributed by atoms with Gasteiger partial charge in [0.15, 0.2) is 0 Å². The Bertz CT molecular complexity index is 298. The molecule has 0 atom stereocenters. The van der Waals surface area contributed by atoms with Crippen molar-refractivity contribution in [2.75, 3.05) is 23.7 Å². The maximum atomic E-state index is 5.63. The van der Waals surface area contributed by atoms with Crippen molar-refractivity contribution in [2.24, 2.45) is 5.92 Å². The molecule has 0 spiro atoms. The van der Waals surface area contributed by atoms with Gasteiger partial charge in [0.25, 0.3) is 0 Å². The van der Waals surface area contributed by atoms with Crippen molar-refractivity contribution in [2.45, 2.75) is 27.2 Å². The number of hydrogen-bond donors (Lipinski definition) is 1. The highest BCUT2D eigenvalue weighted by atomic mass is 15.2. The second-order valence-corrected chi connectivity index (χ2v) is 4.04. The average Bonchev–Trinajstić information content (AvgIpc) is 2.18. The highest BCUT2D eigenvalue weighted by molar-refractivity contribution is 5.37. The number of anilines is 2. The summed E-state index contributed by atoms with van der Waals surface area (Å²) in [6, 6.07) is 1.71. The van der Waals surface area contributed by atoms with Crippen molar-refractivity contribution in [3.63, 3.8) is 0 Å². The first kappa shape index (κ1) is 11.8. The number of hydrogen-bond acceptors (Lipinski definition) is 4. The second kappa shape index (κ2) is 5.53. The molecule has 0 radical (unpaired) electrons. The molecule has 0 unspecified atom stereocenters. The van der Waals surface area contributed by atoms with E-state index in [2.05, 4.69) is 35.6 Å². The Morgan fingerprint density at radius 1 is 1.47 bits per heavy atom. The summed E-state index contributed by atoms with van der Waals surface area (Å²) < 4.78 is 0. The van der Waals surface area contributed by atoms with Gasteiger partial charge in [0.2, 0.25) is 5.95 Å². The van der Waals surface area contributed by atoms with Gasteiger partial charge in [-0.3, -0.25) is 0 Å². The molecule has 4 heteroatoms. The Kier molecular flexibility index (Phi) is 4.34. The van der Waals surface area contributed by atoms with Gasteiger partial charge in [-0.05, 0) is 25.3 Å². The van der Waals surface area contributed by atoms with Gasteiger partial charge < -0.3 is 10.6 Å². The van der Waals surface area contributed by atoms with Crippen LogP contribution in [0.4, 0.5) is 11.8 Å². The summed E-state index contributed by atoms with van der Waals surface area (Å²) >= 11 is 0. The van der Waals surface area contributed by atoms with Gasteiger partial charge in [-0.15, -0.1) is 0 Å². The zero-order valence-electron chi connectivity index (χ0n) is 9.77. The molecule has 84 valence electrons. The van der Waals surface area contributed by atoms with E-state index in [1.54, 1.807) is 12.3 Å². The number of nitrogens with zero attached hydrogens (tertiary/aromatic N) is 3. The molecule has 15 heavy (non-hydrogen) atoms. The van der Waals surface area contributed by atoms with Crippen molar-refractivity contribution >= 4 is 11.8 Å². The quantitative estimate of drug-likeness (QED) is 0.803. The zero-order chi connectivity index (χ0) is 11.3. The Morgan fingerprint density at radius 3 is 2.73 bits per heavy atom. The van der Waals surface area contributed by atoms with E-state index in [0.717, 1.165) is 25.5 Å². The molecule has 0 fully saturated rings. The molecule has 2 N–H and O–H groups in total. The van der Waals surface area contributed by atoms with E-state index in [9.17, 15) is 0 Å². The van der Waals surface area contributed by atoms with Crippen LogP contribution in [0.15, 0.2) is 12.3 Å². The first-order chi connectivity index (χ1) is 7.13. The van der Waals surface area contributed by atoms with E-state index >= 15 is 0 Å². The lowest BCUT2D eigenvalue weighted by Crippen LogP contribution is -2.27. The third-order valence-corrected chi connectivity index (χ3v) is 2.31. The van der Waals surface area contributed by atoms with Gasteiger partial charge >= 0.3 is 0 Å². The maximum Gasteiger partial charge on any atom is 0.227 e. The predicted molar refractivity (Wildman–Crippen MR) is 63.8 cm³/mol. The van der Waals surface area contributed by atoms with Gasteiger partial charge in [0.05, 0.1) is 0 Å². The minimum absolute atomic E-state index is 0.531. The minimum Gasteiger partial charge on any atom is -0.384 e. The van der Waals surface area contributed by atoms with Crippen molar-refractivity contribution in [1.82, 2.24) is 9.97 Å². The number of rotatable bonds is 5. The van der Waals surface area contributed by atoms with E-state index in [1.165, 1.54) is 0 Å². The molecule has 0 amide bonds. The lowest BCUT2D eigenvalue weighted by Gasteiger charge is -2.21. The van der Waals surface area contributed by atoms with Crippen molar-refractivity contribution in [1.29, 1.82) is 0 Å². The maximum absolute atomic E-state index is 5.63. The summed E-state index contributed by atoms with van der Waals surface area (Å²) in [7, 11) is 0. The summed E-state index contributed by atoms with van der Waals surface area (Å²) in [6.45, 7) is 8.43. The fourth-order valence-electron chi connectivity index (χ4n) is 1.33. The van der Waals surface area contributed by atoms with Crippen LogP contribution in [0.2, 0.25) is 0 Å². The van der Waals surface area contributed by atoms with Crippen molar-refractivity contribution in [3.05, 3.63) is 12.3 Å². The van der Waals surface area contributed by atoms with Gasteiger partial charge in [0.1, 0.15) is 5.82 Å². The summed E-state index contributed by atoms with van der Waals surface area (Å²) in [5.41, 5.74) is 5.63. The van der Waals surface area contributed by atoms with Gasteiger partial charge in [0, 0.05) is 19.3 Å². The van der Waals surface area contributed by atoms with E-state index in [0.29, 0.717) is 11.7 Å². The molecule has 1 heterocycles. The monoisotopic (exact) mass is 208 g/mol. The Balaban J connectivity index is 2.65. The number of aromatic nitrogens is 2. The van der Waals surface area contributed by atoms with Crippen LogP contribution in [0.1, 0.15) is 27.2 Å². The van der Waals surface area contributed by atoms with Gasteiger partial charge in [-0.1, -0.05) is 13.8 Å². The van der Waals surface area contributed by atoms with Crippen LogP contribution in [-0.4, -0.2) is 23.1 Å². The molecule has 0 saturated heterocycles. The molecule has 0 aromatic carbocycles. The van der Waals surface area contributed by atoms with Crippen LogP contribution in [0.3, 0.4) is 0 Å². The molecule has 0 bridgehead atoms. The van der Waals surface area contributed by atoms with Crippen LogP contribution in [0, 0.1) is 5.92 Å². The van der Waals surface area contributed by atoms with E-state index in [-0.39, 0.29) is 0 Å². The van der Waals surface area contributed by atoms with Crippen molar-refractivity contribution < 1.29 is 0 Å². The normalized spacial score (nSPS) is 10.7. The molecule has 1 aromatic rings. The van der Waals surface area contributed by atoms with Gasteiger partial charge in [-0.2, -0.15) is 4.98 Å². The lowest BCUT2D eigenvalue weighted by atomic mass is 10.1. The minimum atomic E-state index is 0.531. The Labute approximate surface area is 91.5 Å². The van der Waals surface area contributed by atoms with Crippen molar-refractivity contribution in [3.8, 4) is 0 Å². The summed E-state index contributed by atoms with van der Waals surface area (Å²) in [6.07, 6.45) is 2.85. The third kappa shape index (κ3) is 3.73. The molecule has 1 rings (SSSR count). The summed E-state index contributed by atoms with van der Waals surface area (Å²) in [5.74, 6) is 1.96. The molecule has 0 aliphatic heterocycles. The first-order valence-electron chi connectivity index (χ1n) is 5.47. The highest BCUT2D eigenvalue weighted by Gasteiger charge is 2.07. The SMILES string of the molecule is CCN(CCC(C)C)c1nccc(N)n1. The summed E-state index contributed by atoms with van der Waals surface area (Å²) in [4.78, 5) is 10.6. The Morgan fingerprint density at radius 2 is 2.20 bits per heavy atom. The zero-order valence-corrected chi connectivity index (χ0v) is 9.77. The van der Waals surface area contributed by atoms with E-state index in [4.69, 9.17) is 5.73 Å². The molecule has 0 aliphatic rings. The number of nitrogen functional groups attached to an aromatic ring is 1. The smallest absolute Gasteiger partial charge is 0.227 e. The van der Waals surface area contributed by atoms with Crippen LogP contribution in [-0.2, 0) is 0 Å².